The number of nitrogens with zero attached hydrogens (tertiary/aromatic N) is 3. The van der Waals surface area contributed by atoms with Gasteiger partial charge in [0.15, 0.2) is 5.82 Å². The van der Waals surface area contributed by atoms with Gasteiger partial charge in [-0.15, -0.1) is 0 Å². The highest BCUT2D eigenvalue weighted by atomic mass is 16.2. The fourth-order valence-corrected chi connectivity index (χ4v) is 2.96. The molecule has 26 heavy (non-hydrogen) atoms. The fraction of sp³-hybridized carbons (Fsp3) is 0.0455. The van der Waals surface area contributed by atoms with Crippen LogP contribution in [0.1, 0.15) is 15.9 Å². The molecule has 0 saturated carbocycles. The molecule has 0 atom stereocenters. The van der Waals surface area contributed by atoms with Gasteiger partial charge in [-0.05, 0) is 43.3 Å². The number of para-hydroxylation sites is 1. The summed E-state index contributed by atoms with van der Waals surface area (Å²) in [7, 11) is 0. The Morgan fingerprint density at radius 3 is 2.27 bits per heavy atom. The maximum Gasteiger partial charge on any atom is 0.264 e. The van der Waals surface area contributed by atoms with Crippen LogP contribution in [0, 0.1) is 6.92 Å². The number of amides is 1. The van der Waals surface area contributed by atoms with E-state index in [4.69, 9.17) is 0 Å². The number of aromatic nitrogens is 2. The molecule has 0 radical (unpaired) electrons. The number of aryl methyl sites for hydroxylation is 1. The first-order valence-electron chi connectivity index (χ1n) is 8.40. The Morgan fingerprint density at radius 1 is 0.846 bits per heavy atom. The molecule has 1 aromatic heterocycles. The van der Waals surface area contributed by atoms with Crippen molar-refractivity contribution in [3.8, 4) is 0 Å². The van der Waals surface area contributed by atoms with Crippen molar-refractivity contribution in [1.29, 1.82) is 0 Å². The summed E-state index contributed by atoms with van der Waals surface area (Å²) in [5, 5.41) is 0.848. The molecule has 0 aliphatic carbocycles. The van der Waals surface area contributed by atoms with Crippen LogP contribution >= 0.6 is 0 Å². The van der Waals surface area contributed by atoms with Gasteiger partial charge < -0.3 is 0 Å². The molecule has 4 aromatic rings. The Morgan fingerprint density at radius 2 is 1.54 bits per heavy atom. The Kier molecular flexibility index (Phi) is 4.15. The van der Waals surface area contributed by atoms with Gasteiger partial charge in [0, 0.05) is 10.9 Å². The van der Waals surface area contributed by atoms with E-state index in [2.05, 4.69) is 9.97 Å². The number of hydrogen-bond donors (Lipinski definition) is 0. The predicted molar refractivity (Wildman–Crippen MR) is 104 cm³/mol. The van der Waals surface area contributed by atoms with Crippen LogP contribution in [0.3, 0.4) is 0 Å². The number of hydrogen-bond acceptors (Lipinski definition) is 3. The molecule has 0 aliphatic rings. The van der Waals surface area contributed by atoms with E-state index in [9.17, 15) is 4.79 Å². The van der Waals surface area contributed by atoms with E-state index in [1.165, 1.54) is 6.33 Å². The maximum absolute atomic E-state index is 13.3. The minimum absolute atomic E-state index is 0.127. The molecule has 0 fully saturated rings. The largest absolute Gasteiger partial charge is 0.268 e. The smallest absolute Gasteiger partial charge is 0.264 e. The number of rotatable bonds is 3. The van der Waals surface area contributed by atoms with E-state index in [1.54, 1.807) is 4.90 Å². The highest BCUT2D eigenvalue weighted by molar-refractivity contribution is 6.13. The molecule has 0 N–H and O–H groups in total. The van der Waals surface area contributed by atoms with Gasteiger partial charge in [-0.2, -0.15) is 0 Å². The van der Waals surface area contributed by atoms with Gasteiger partial charge in [0.1, 0.15) is 6.33 Å². The van der Waals surface area contributed by atoms with Gasteiger partial charge in [0.2, 0.25) is 0 Å². The summed E-state index contributed by atoms with van der Waals surface area (Å²) in [5.41, 5.74) is 3.27. The average Bonchev–Trinajstić information content (AvgIpc) is 2.70. The summed E-state index contributed by atoms with van der Waals surface area (Å²) < 4.78 is 0. The number of anilines is 2. The molecule has 0 unspecified atom stereocenters. The van der Waals surface area contributed by atoms with Crippen molar-refractivity contribution >= 4 is 28.3 Å². The SMILES string of the molecule is Cc1ccc2ncnc(N(C(=O)c3ccccc3)c3ccccc3)c2c1. The summed E-state index contributed by atoms with van der Waals surface area (Å²) in [5.74, 6) is 0.456. The third kappa shape index (κ3) is 2.93. The molecule has 1 heterocycles. The first-order chi connectivity index (χ1) is 12.7. The highest BCUT2D eigenvalue weighted by Crippen LogP contribution is 2.31. The molecule has 0 aliphatic heterocycles. The molecule has 0 spiro atoms. The quantitative estimate of drug-likeness (QED) is 0.532. The lowest BCUT2D eigenvalue weighted by Crippen LogP contribution is -2.27. The summed E-state index contributed by atoms with van der Waals surface area (Å²) in [6.07, 6.45) is 1.50. The van der Waals surface area contributed by atoms with Gasteiger partial charge in [-0.25, -0.2) is 9.97 Å². The molecule has 4 nitrogen and oxygen atoms in total. The molecule has 126 valence electrons. The summed E-state index contributed by atoms with van der Waals surface area (Å²) in [6.45, 7) is 2.02. The Hall–Kier alpha value is -3.53. The first kappa shape index (κ1) is 16.0. The van der Waals surface area contributed by atoms with Crippen molar-refractivity contribution in [3.63, 3.8) is 0 Å². The molecule has 0 saturated heterocycles. The lowest BCUT2D eigenvalue weighted by molar-refractivity contribution is 0.0999. The van der Waals surface area contributed by atoms with Gasteiger partial charge in [-0.1, -0.05) is 48.0 Å². The third-order valence-corrected chi connectivity index (χ3v) is 4.22. The zero-order valence-electron chi connectivity index (χ0n) is 14.3. The standard InChI is InChI=1S/C22H17N3O/c1-16-12-13-20-19(14-16)21(24-15-23-20)25(18-10-6-3-7-11-18)22(26)17-8-4-2-5-9-17/h2-15H,1H3. The summed E-state index contributed by atoms with van der Waals surface area (Å²) in [4.78, 5) is 23.8. The minimum Gasteiger partial charge on any atom is -0.268 e. The van der Waals surface area contributed by atoms with Gasteiger partial charge in [0.25, 0.3) is 5.91 Å². The van der Waals surface area contributed by atoms with Crippen LogP contribution < -0.4 is 4.90 Å². The second-order valence-corrected chi connectivity index (χ2v) is 6.06. The summed E-state index contributed by atoms with van der Waals surface area (Å²) >= 11 is 0. The summed E-state index contributed by atoms with van der Waals surface area (Å²) in [6, 6.07) is 24.8. The molecule has 3 aromatic carbocycles. The molecule has 0 bridgehead atoms. The van der Waals surface area contributed by atoms with Crippen molar-refractivity contribution in [2.45, 2.75) is 6.92 Å². The van der Waals surface area contributed by atoms with Crippen LogP contribution in [0.4, 0.5) is 11.5 Å². The lowest BCUT2D eigenvalue weighted by atomic mass is 10.1. The number of carbonyl (C=O) groups is 1. The van der Waals surface area contributed by atoms with E-state index in [0.29, 0.717) is 11.4 Å². The molecule has 4 heteroatoms. The lowest BCUT2D eigenvalue weighted by Gasteiger charge is -2.23. The monoisotopic (exact) mass is 339 g/mol. The van der Waals surface area contributed by atoms with Crippen LogP contribution in [0.5, 0.6) is 0 Å². The van der Waals surface area contributed by atoms with Crippen LogP contribution in [0.2, 0.25) is 0 Å². The molecule has 4 rings (SSSR count). The minimum atomic E-state index is -0.127. The van der Waals surface area contributed by atoms with E-state index >= 15 is 0 Å². The Balaban J connectivity index is 1.95. The van der Waals surface area contributed by atoms with Crippen LogP contribution in [0.25, 0.3) is 10.9 Å². The maximum atomic E-state index is 13.3. The normalized spacial score (nSPS) is 10.7. The number of benzene rings is 3. The van der Waals surface area contributed by atoms with E-state index < -0.39 is 0 Å². The highest BCUT2D eigenvalue weighted by Gasteiger charge is 2.23. The van der Waals surface area contributed by atoms with Crippen molar-refractivity contribution in [3.05, 3.63) is 96.3 Å². The topological polar surface area (TPSA) is 46.1 Å². The fourth-order valence-electron chi connectivity index (χ4n) is 2.96. The molecule has 1 amide bonds. The van der Waals surface area contributed by atoms with Crippen molar-refractivity contribution in [1.82, 2.24) is 9.97 Å². The third-order valence-electron chi connectivity index (χ3n) is 4.22. The first-order valence-corrected chi connectivity index (χ1v) is 8.40. The molecular formula is C22H17N3O. The van der Waals surface area contributed by atoms with Crippen LogP contribution in [-0.2, 0) is 0 Å². The van der Waals surface area contributed by atoms with Crippen LogP contribution in [-0.4, -0.2) is 15.9 Å². The van der Waals surface area contributed by atoms with Gasteiger partial charge in [0.05, 0.1) is 11.2 Å². The van der Waals surface area contributed by atoms with Gasteiger partial charge in [-0.3, -0.25) is 9.69 Å². The van der Waals surface area contributed by atoms with E-state index in [0.717, 1.165) is 22.2 Å². The zero-order chi connectivity index (χ0) is 17.9. The number of fused-ring (bicyclic) bond motifs is 1. The molecular weight excluding hydrogens is 322 g/mol. The second kappa shape index (κ2) is 6.76. The Labute approximate surface area is 151 Å². The van der Waals surface area contributed by atoms with Gasteiger partial charge >= 0.3 is 0 Å². The number of carbonyl (C=O) groups excluding carboxylic acids is 1. The zero-order valence-corrected chi connectivity index (χ0v) is 14.3. The Bertz CT molecular complexity index is 1060. The van der Waals surface area contributed by atoms with Crippen molar-refractivity contribution < 1.29 is 4.79 Å². The average molecular weight is 339 g/mol. The van der Waals surface area contributed by atoms with E-state index in [-0.39, 0.29) is 5.91 Å². The van der Waals surface area contributed by atoms with Crippen molar-refractivity contribution in [2.24, 2.45) is 0 Å². The van der Waals surface area contributed by atoms with Crippen molar-refractivity contribution in [2.75, 3.05) is 4.90 Å². The van der Waals surface area contributed by atoms with E-state index in [1.807, 2.05) is 85.8 Å². The second-order valence-electron chi connectivity index (χ2n) is 6.06. The predicted octanol–water partition coefficient (Wildman–Crippen LogP) is 4.92. The van der Waals surface area contributed by atoms with Crippen LogP contribution in [0.15, 0.2) is 85.2 Å².